The lowest BCUT2D eigenvalue weighted by atomic mass is 10.0. The Kier molecular flexibility index (Phi) is 12.4. The molecule has 3 rings (SSSR count). The van der Waals surface area contributed by atoms with Crippen molar-refractivity contribution in [3.8, 4) is 0 Å². The maximum atomic E-state index is 12.6. The lowest BCUT2D eigenvalue weighted by Gasteiger charge is -2.33. The molecule has 0 saturated carbocycles. The van der Waals surface area contributed by atoms with Gasteiger partial charge in [-0.3, -0.25) is 4.79 Å². The second kappa shape index (κ2) is 14.7. The number of nitrogens with zero attached hydrogens (tertiary/aromatic N) is 3. The first-order chi connectivity index (χ1) is 15.2. The molecule has 2 fully saturated rings. The molecule has 0 aliphatic carbocycles. The number of rotatable bonds is 8. The number of amides is 1. The number of carbonyl (C=O) groups excluding carboxylic acids is 1. The van der Waals surface area contributed by atoms with Gasteiger partial charge >= 0.3 is 0 Å². The molecular weight excluding hydrogens is 513 g/mol. The summed E-state index contributed by atoms with van der Waals surface area (Å²) in [6.07, 6.45) is 8.65. The van der Waals surface area contributed by atoms with Gasteiger partial charge in [-0.25, -0.2) is 4.99 Å². The van der Waals surface area contributed by atoms with Gasteiger partial charge in [0.1, 0.15) is 0 Å². The Morgan fingerprint density at radius 1 is 1.03 bits per heavy atom. The average molecular weight is 556 g/mol. The highest BCUT2D eigenvalue weighted by Gasteiger charge is 2.18. The molecule has 2 heterocycles. The molecule has 0 radical (unpaired) electrons. The number of carbonyl (C=O) groups is 1. The van der Waals surface area contributed by atoms with Crippen molar-refractivity contribution in [1.82, 2.24) is 20.4 Å². The van der Waals surface area contributed by atoms with Gasteiger partial charge in [-0.2, -0.15) is 0 Å². The van der Waals surface area contributed by atoms with E-state index in [2.05, 4.69) is 29.4 Å². The lowest BCUT2D eigenvalue weighted by molar-refractivity contribution is 0.0724. The van der Waals surface area contributed by atoms with Crippen LogP contribution in [0.5, 0.6) is 0 Å². The maximum Gasteiger partial charge on any atom is 0.253 e. The first-order valence-electron chi connectivity index (χ1n) is 12.3. The maximum absolute atomic E-state index is 12.6. The second-order valence-corrected chi connectivity index (χ2v) is 8.91. The molecule has 0 bridgehead atoms. The molecule has 1 aromatic rings. The Morgan fingerprint density at radius 3 is 2.44 bits per heavy atom. The first kappa shape index (κ1) is 26.9. The van der Waals surface area contributed by atoms with Crippen LogP contribution in [0.3, 0.4) is 0 Å². The molecular formula is C25H42IN5O. The standard InChI is InChI=1S/C25H41N5O.HI/c1-3-26-25(27-15-9-19-29-16-8-5-10-21(29)2)28-20-22-11-13-23(14-12-22)24(31)30-17-6-4-7-18-30;/h11-14,21H,3-10,15-20H2,1-2H3,(H2,26,27,28);1H. The Labute approximate surface area is 211 Å². The smallest absolute Gasteiger partial charge is 0.253 e. The van der Waals surface area contributed by atoms with E-state index >= 15 is 0 Å². The number of guanidine groups is 1. The van der Waals surface area contributed by atoms with Gasteiger partial charge < -0.3 is 20.4 Å². The van der Waals surface area contributed by atoms with Gasteiger partial charge in [0.05, 0.1) is 6.54 Å². The van der Waals surface area contributed by atoms with E-state index in [1.165, 1.54) is 32.2 Å². The van der Waals surface area contributed by atoms with Crippen LogP contribution in [0.15, 0.2) is 29.3 Å². The summed E-state index contributed by atoms with van der Waals surface area (Å²) in [5.41, 5.74) is 1.90. The number of hydrogen-bond acceptors (Lipinski definition) is 3. The number of likely N-dealkylation sites (tertiary alicyclic amines) is 2. The van der Waals surface area contributed by atoms with Crippen LogP contribution in [-0.2, 0) is 6.54 Å². The number of halogens is 1. The van der Waals surface area contributed by atoms with E-state index in [0.717, 1.165) is 75.1 Å². The van der Waals surface area contributed by atoms with E-state index in [0.29, 0.717) is 6.54 Å². The van der Waals surface area contributed by atoms with Crippen LogP contribution in [0.2, 0.25) is 0 Å². The van der Waals surface area contributed by atoms with Gasteiger partial charge in [0.2, 0.25) is 0 Å². The molecule has 2 aliphatic heterocycles. The van der Waals surface area contributed by atoms with Crippen molar-refractivity contribution in [2.45, 2.75) is 71.4 Å². The van der Waals surface area contributed by atoms with Crippen molar-refractivity contribution in [2.24, 2.45) is 4.99 Å². The van der Waals surface area contributed by atoms with Gasteiger partial charge in [-0.1, -0.05) is 18.6 Å². The fourth-order valence-corrected chi connectivity index (χ4v) is 4.52. The third-order valence-electron chi connectivity index (χ3n) is 6.46. The van der Waals surface area contributed by atoms with Crippen molar-refractivity contribution in [1.29, 1.82) is 0 Å². The minimum Gasteiger partial charge on any atom is -0.357 e. The normalized spacial score (nSPS) is 19.9. The van der Waals surface area contributed by atoms with Crippen LogP contribution in [-0.4, -0.2) is 67.0 Å². The zero-order valence-corrected chi connectivity index (χ0v) is 22.3. The van der Waals surface area contributed by atoms with Crippen molar-refractivity contribution in [3.63, 3.8) is 0 Å². The molecule has 1 unspecified atom stereocenters. The van der Waals surface area contributed by atoms with Crippen LogP contribution < -0.4 is 10.6 Å². The molecule has 1 atom stereocenters. The summed E-state index contributed by atoms with van der Waals surface area (Å²) < 4.78 is 0. The van der Waals surface area contributed by atoms with Crippen molar-refractivity contribution < 1.29 is 4.79 Å². The molecule has 0 aromatic heterocycles. The molecule has 180 valence electrons. The largest absolute Gasteiger partial charge is 0.357 e. The van der Waals surface area contributed by atoms with E-state index in [4.69, 9.17) is 4.99 Å². The lowest BCUT2D eigenvalue weighted by Crippen LogP contribution is -2.41. The predicted octanol–water partition coefficient (Wildman–Crippen LogP) is 4.25. The van der Waals surface area contributed by atoms with Crippen molar-refractivity contribution in [3.05, 3.63) is 35.4 Å². The first-order valence-corrected chi connectivity index (χ1v) is 12.3. The molecule has 0 spiro atoms. The summed E-state index contributed by atoms with van der Waals surface area (Å²) in [5, 5.41) is 6.81. The molecule has 2 saturated heterocycles. The van der Waals surface area contributed by atoms with E-state index < -0.39 is 0 Å². The number of hydrogen-bond donors (Lipinski definition) is 2. The van der Waals surface area contributed by atoms with Gasteiger partial charge in [-0.15, -0.1) is 24.0 Å². The second-order valence-electron chi connectivity index (χ2n) is 8.91. The minimum absolute atomic E-state index is 0. The van der Waals surface area contributed by atoms with Crippen LogP contribution in [0.25, 0.3) is 0 Å². The Morgan fingerprint density at radius 2 is 1.75 bits per heavy atom. The zero-order valence-electron chi connectivity index (χ0n) is 19.9. The van der Waals surface area contributed by atoms with Crippen LogP contribution in [0.4, 0.5) is 0 Å². The van der Waals surface area contributed by atoms with E-state index in [-0.39, 0.29) is 29.9 Å². The molecule has 7 heteroatoms. The Balaban J connectivity index is 0.00000363. The monoisotopic (exact) mass is 555 g/mol. The topological polar surface area (TPSA) is 60.0 Å². The quantitative estimate of drug-likeness (QED) is 0.218. The van der Waals surface area contributed by atoms with Crippen LogP contribution >= 0.6 is 24.0 Å². The summed E-state index contributed by atoms with van der Waals surface area (Å²) in [4.78, 5) is 21.9. The number of nitrogens with one attached hydrogen (secondary N) is 2. The average Bonchev–Trinajstić information content (AvgIpc) is 2.81. The van der Waals surface area contributed by atoms with Gasteiger partial charge in [0.15, 0.2) is 5.96 Å². The predicted molar refractivity (Wildman–Crippen MR) is 144 cm³/mol. The highest BCUT2D eigenvalue weighted by molar-refractivity contribution is 14.0. The van der Waals surface area contributed by atoms with Gasteiger partial charge in [-0.05, 0) is 76.6 Å². The van der Waals surface area contributed by atoms with Crippen molar-refractivity contribution in [2.75, 3.05) is 39.3 Å². The Hall–Kier alpha value is -1.35. The summed E-state index contributed by atoms with van der Waals surface area (Å²) in [7, 11) is 0. The summed E-state index contributed by atoms with van der Waals surface area (Å²) in [6, 6.07) is 8.67. The molecule has 1 amide bonds. The van der Waals surface area contributed by atoms with Gasteiger partial charge in [0, 0.05) is 44.3 Å². The number of benzene rings is 1. The SMILES string of the molecule is CCNC(=NCc1ccc(C(=O)N2CCCCC2)cc1)NCCCN1CCCCC1C.I. The molecule has 2 N–H and O–H groups in total. The highest BCUT2D eigenvalue weighted by Crippen LogP contribution is 2.16. The van der Waals surface area contributed by atoms with Crippen LogP contribution in [0.1, 0.15) is 74.7 Å². The summed E-state index contributed by atoms with van der Waals surface area (Å²) >= 11 is 0. The number of piperidine rings is 2. The summed E-state index contributed by atoms with van der Waals surface area (Å²) in [6.45, 7) is 11.0. The van der Waals surface area contributed by atoms with Crippen molar-refractivity contribution >= 4 is 35.8 Å². The number of aliphatic imine (C=N–C) groups is 1. The summed E-state index contributed by atoms with van der Waals surface area (Å²) in [5.74, 6) is 1.02. The molecule has 1 aromatic carbocycles. The third-order valence-corrected chi connectivity index (χ3v) is 6.46. The van der Waals surface area contributed by atoms with E-state index in [1.807, 2.05) is 29.2 Å². The highest BCUT2D eigenvalue weighted by atomic mass is 127. The zero-order chi connectivity index (χ0) is 21.9. The molecule has 2 aliphatic rings. The fourth-order valence-electron chi connectivity index (χ4n) is 4.52. The van der Waals surface area contributed by atoms with Gasteiger partial charge in [0.25, 0.3) is 5.91 Å². The van der Waals surface area contributed by atoms with Crippen LogP contribution in [0, 0.1) is 0 Å². The molecule has 32 heavy (non-hydrogen) atoms. The Bertz CT molecular complexity index is 703. The molecule has 6 nitrogen and oxygen atoms in total. The minimum atomic E-state index is 0. The third kappa shape index (κ3) is 8.54. The van der Waals surface area contributed by atoms with E-state index in [9.17, 15) is 4.79 Å². The fraction of sp³-hybridized carbons (Fsp3) is 0.680. The van der Waals surface area contributed by atoms with E-state index in [1.54, 1.807) is 0 Å².